The molecule has 0 fully saturated rings. The Bertz CT molecular complexity index is 674. The lowest BCUT2D eigenvalue weighted by atomic mass is 10.0. The van der Waals surface area contributed by atoms with Gasteiger partial charge in [-0.15, -0.1) is 0 Å². The summed E-state index contributed by atoms with van der Waals surface area (Å²) in [5.41, 5.74) is 9.65. The van der Waals surface area contributed by atoms with Gasteiger partial charge in [0.15, 0.2) is 0 Å². The van der Waals surface area contributed by atoms with Gasteiger partial charge in [0.2, 0.25) is 0 Å². The molecule has 2 N–H and O–H groups in total. The van der Waals surface area contributed by atoms with E-state index in [0.29, 0.717) is 5.92 Å². The van der Waals surface area contributed by atoms with Crippen molar-refractivity contribution in [1.29, 1.82) is 0 Å². The SMILES string of the molecule is Cc1cccc(NN2CNC(C(C)C)=C2c2ccccc2)c1. The molecule has 114 valence electrons. The standard InChI is InChI=1S/C19H23N3/c1-14(2)18-19(16-9-5-4-6-10-16)22(13-20-18)21-17-11-7-8-15(3)12-17/h4-12,14,20-21H,13H2,1-3H3. The van der Waals surface area contributed by atoms with Crippen LogP contribution in [0.15, 0.2) is 60.3 Å². The van der Waals surface area contributed by atoms with Gasteiger partial charge in [-0.2, -0.15) is 0 Å². The second-order valence-electron chi connectivity index (χ2n) is 6.03. The molecule has 0 saturated carbocycles. The fourth-order valence-corrected chi connectivity index (χ4v) is 2.82. The van der Waals surface area contributed by atoms with Crippen molar-refractivity contribution in [1.82, 2.24) is 10.3 Å². The Morgan fingerprint density at radius 2 is 1.82 bits per heavy atom. The molecule has 1 aliphatic rings. The first-order valence-electron chi connectivity index (χ1n) is 7.79. The highest BCUT2D eigenvalue weighted by atomic mass is 15.6. The van der Waals surface area contributed by atoms with Crippen molar-refractivity contribution >= 4 is 11.4 Å². The highest BCUT2D eigenvalue weighted by molar-refractivity contribution is 5.70. The predicted molar refractivity (Wildman–Crippen MR) is 92.8 cm³/mol. The smallest absolute Gasteiger partial charge is 0.108 e. The molecule has 0 bridgehead atoms. The average molecular weight is 293 g/mol. The maximum absolute atomic E-state index is 3.53. The minimum atomic E-state index is 0.458. The highest BCUT2D eigenvalue weighted by Gasteiger charge is 2.25. The van der Waals surface area contributed by atoms with Gasteiger partial charge in [0.1, 0.15) is 6.67 Å². The Labute approximate surface area is 132 Å². The van der Waals surface area contributed by atoms with Crippen LogP contribution in [0.5, 0.6) is 0 Å². The van der Waals surface area contributed by atoms with Crippen LogP contribution < -0.4 is 10.7 Å². The van der Waals surface area contributed by atoms with Crippen molar-refractivity contribution in [3.05, 3.63) is 71.4 Å². The molecular weight excluding hydrogens is 270 g/mol. The van der Waals surface area contributed by atoms with E-state index in [1.54, 1.807) is 0 Å². The van der Waals surface area contributed by atoms with E-state index >= 15 is 0 Å². The third kappa shape index (κ3) is 2.93. The molecule has 2 aromatic rings. The molecule has 0 amide bonds. The lowest BCUT2D eigenvalue weighted by Crippen LogP contribution is -2.29. The second kappa shape index (κ2) is 6.14. The molecule has 0 aliphatic carbocycles. The predicted octanol–water partition coefficient (Wildman–Crippen LogP) is 4.21. The summed E-state index contributed by atoms with van der Waals surface area (Å²) in [7, 11) is 0. The molecule has 0 radical (unpaired) electrons. The topological polar surface area (TPSA) is 27.3 Å². The van der Waals surface area contributed by atoms with Crippen molar-refractivity contribution in [2.75, 3.05) is 12.1 Å². The number of allylic oxidation sites excluding steroid dienone is 1. The molecule has 2 aromatic carbocycles. The highest BCUT2D eigenvalue weighted by Crippen LogP contribution is 2.30. The number of hydrazine groups is 1. The van der Waals surface area contributed by atoms with Crippen molar-refractivity contribution < 1.29 is 0 Å². The third-order valence-electron chi connectivity index (χ3n) is 3.86. The molecule has 0 atom stereocenters. The summed E-state index contributed by atoms with van der Waals surface area (Å²) in [6.07, 6.45) is 0. The molecule has 0 unspecified atom stereocenters. The number of benzene rings is 2. The van der Waals surface area contributed by atoms with Crippen LogP contribution >= 0.6 is 0 Å². The molecule has 3 heteroatoms. The van der Waals surface area contributed by atoms with Crippen LogP contribution in [-0.2, 0) is 0 Å². The fourth-order valence-electron chi connectivity index (χ4n) is 2.82. The summed E-state index contributed by atoms with van der Waals surface area (Å²) in [6.45, 7) is 7.33. The number of nitrogens with one attached hydrogen (secondary N) is 2. The monoisotopic (exact) mass is 293 g/mol. The molecule has 1 aliphatic heterocycles. The minimum absolute atomic E-state index is 0.458. The Hall–Kier alpha value is -2.42. The molecule has 0 saturated heterocycles. The van der Waals surface area contributed by atoms with Crippen LogP contribution in [-0.4, -0.2) is 11.7 Å². The van der Waals surface area contributed by atoms with Crippen LogP contribution in [0, 0.1) is 12.8 Å². The van der Waals surface area contributed by atoms with Gasteiger partial charge >= 0.3 is 0 Å². The fraction of sp³-hybridized carbons (Fsp3) is 0.263. The Balaban J connectivity index is 1.94. The van der Waals surface area contributed by atoms with Gasteiger partial charge in [-0.1, -0.05) is 56.3 Å². The molecule has 22 heavy (non-hydrogen) atoms. The number of nitrogens with zero attached hydrogens (tertiary/aromatic N) is 1. The average Bonchev–Trinajstić information content (AvgIpc) is 2.92. The summed E-state index contributed by atoms with van der Waals surface area (Å²) in [4.78, 5) is 0. The molecule has 1 heterocycles. The van der Waals surface area contributed by atoms with Gasteiger partial charge in [0.25, 0.3) is 0 Å². The molecule has 0 spiro atoms. The molecule has 3 nitrogen and oxygen atoms in total. The third-order valence-corrected chi connectivity index (χ3v) is 3.86. The normalized spacial score (nSPS) is 14.5. The number of anilines is 1. The van der Waals surface area contributed by atoms with Crippen molar-refractivity contribution in [2.24, 2.45) is 5.92 Å². The van der Waals surface area contributed by atoms with E-state index in [-0.39, 0.29) is 0 Å². The molecule has 3 rings (SSSR count). The van der Waals surface area contributed by atoms with Crippen LogP contribution in [0.4, 0.5) is 5.69 Å². The summed E-state index contributed by atoms with van der Waals surface area (Å²) in [6, 6.07) is 19.0. The van der Waals surface area contributed by atoms with Crippen LogP contribution in [0.2, 0.25) is 0 Å². The minimum Gasteiger partial charge on any atom is -0.368 e. The number of hydrogen-bond acceptors (Lipinski definition) is 3. The number of aryl methyl sites for hydroxylation is 1. The van der Waals surface area contributed by atoms with Crippen molar-refractivity contribution in [2.45, 2.75) is 20.8 Å². The Morgan fingerprint density at radius 1 is 1.05 bits per heavy atom. The van der Waals surface area contributed by atoms with Gasteiger partial charge in [-0.05, 0) is 30.5 Å². The Morgan fingerprint density at radius 3 is 2.50 bits per heavy atom. The number of hydrogen-bond donors (Lipinski definition) is 2. The van der Waals surface area contributed by atoms with Gasteiger partial charge in [0, 0.05) is 11.3 Å². The van der Waals surface area contributed by atoms with E-state index in [9.17, 15) is 0 Å². The van der Waals surface area contributed by atoms with Crippen LogP contribution in [0.1, 0.15) is 25.0 Å². The van der Waals surface area contributed by atoms with E-state index in [4.69, 9.17) is 0 Å². The maximum atomic E-state index is 3.53. The summed E-state index contributed by atoms with van der Waals surface area (Å²) < 4.78 is 0. The van der Waals surface area contributed by atoms with E-state index in [1.807, 2.05) is 0 Å². The largest absolute Gasteiger partial charge is 0.368 e. The first kappa shape index (κ1) is 14.5. The summed E-state index contributed by atoms with van der Waals surface area (Å²) in [5, 5.41) is 5.73. The van der Waals surface area contributed by atoms with E-state index in [0.717, 1.165) is 12.4 Å². The number of rotatable bonds is 4. The van der Waals surface area contributed by atoms with Crippen LogP contribution in [0.25, 0.3) is 5.70 Å². The van der Waals surface area contributed by atoms with E-state index in [2.05, 4.69) is 91.1 Å². The first-order chi connectivity index (χ1) is 10.6. The molecule has 0 aromatic heterocycles. The van der Waals surface area contributed by atoms with Gasteiger partial charge < -0.3 is 5.32 Å². The first-order valence-corrected chi connectivity index (χ1v) is 7.79. The van der Waals surface area contributed by atoms with Gasteiger partial charge in [-0.3, -0.25) is 10.4 Å². The van der Waals surface area contributed by atoms with Gasteiger partial charge in [-0.25, -0.2) is 0 Å². The lowest BCUT2D eigenvalue weighted by Gasteiger charge is -2.24. The van der Waals surface area contributed by atoms with Crippen LogP contribution in [0.3, 0.4) is 0 Å². The van der Waals surface area contributed by atoms with E-state index < -0.39 is 0 Å². The quantitative estimate of drug-likeness (QED) is 0.884. The van der Waals surface area contributed by atoms with Crippen molar-refractivity contribution in [3.8, 4) is 0 Å². The van der Waals surface area contributed by atoms with Crippen molar-refractivity contribution in [3.63, 3.8) is 0 Å². The lowest BCUT2D eigenvalue weighted by molar-refractivity contribution is 0.479. The zero-order valence-electron chi connectivity index (χ0n) is 13.4. The Kier molecular flexibility index (Phi) is 4.05. The zero-order chi connectivity index (χ0) is 15.5. The van der Waals surface area contributed by atoms with E-state index in [1.165, 1.54) is 22.5 Å². The van der Waals surface area contributed by atoms with Gasteiger partial charge in [0.05, 0.1) is 11.4 Å². The summed E-state index contributed by atoms with van der Waals surface area (Å²) >= 11 is 0. The molecular formula is C19H23N3. The summed E-state index contributed by atoms with van der Waals surface area (Å²) in [5.74, 6) is 0.458. The second-order valence-corrected chi connectivity index (χ2v) is 6.03. The maximum Gasteiger partial charge on any atom is 0.108 e. The zero-order valence-corrected chi connectivity index (χ0v) is 13.4.